The van der Waals surface area contributed by atoms with E-state index >= 15 is 0 Å². The summed E-state index contributed by atoms with van der Waals surface area (Å²) in [5, 5.41) is 9.51. The molecule has 1 aliphatic rings. The van der Waals surface area contributed by atoms with Gasteiger partial charge in [0, 0.05) is 24.1 Å². The van der Waals surface area contributed by atoms with Crippen LogP contribution in [0, 0.1) is 5.92 Å². The Kier molecular flexibility index (Phi) is 4.79. The van der Waals surface area contributed by atoms with Crippen LogP contribution in [0.5, 0.6) is 0 Å². The summed E-state index contributed by atoms with van der Waals surface area (Å²) in [6.07, 6.45) is -3.63. The zero-order valence-electron chi connectivity index (χ0n) is 12.1. The second-order valence-corrected chi connectivity index (χ2v) is 6.39. The first-order valence-electron chi connectivity index (χ1n) is 6.71. The third-order valence-electron chi connectivity index (χ3n) is 3.10. The summed E-state index contributed by atoms with van der Waals surface area (Å²) in [5.74, 6) is -0.681. The number of pyridine rings is 1. The molecule has 1 aromatic rings. The number of hydrogen-bond acceptors (Lipinski definition) is 4. The van der Waals surface area contributed by atoms with Crippen LogP contribution in [-0.4, -0.2) is 33.4 Å². The number of halogens is 3. The fourth-order valence-electron chi connectivity index (χ4n) is 2.29. The summed E-state index contributed by atoms with van der Waals surface area (Å²) < 4.78 is 39.8. The van der Waals surface area contributed by atoms with Crippen molar-refractivity contribution in [1.29, 1.82) is 0 Å². The molecule has 0 amide bonds. The van der Waals surface area contributed by atoms with Gasteiger partial charge in [0.2, 0.25) is 0 Å². The Labute approximate surface area is 129 Å². The van der Waals surface area contributed by atoms with E-state index in [1.54, 1.807) is 0 Å². The van der Waals surface area contributed by atoms with Gasteiger partial charge in [-0.1, -0.05) is 13.8 Å². The molecule has 120 valence electrons. The van der Waals surface area contributed by atoms with Crippen molar-refractivity contribution in [2.24, 2.45) is 10.9 Å². The molecule has 0 atom stereocenters. The van der Waals surface area contributed by atoms with Crippen molar-refractivity contribution < 1.29 is 23.1 Å². The van der Waals surface area contributed by atoms with Crippen LogP contribution in [0.1, 0.15) is 41.0 Å². The molecule has 1 aliphatic heterocycles. The van der Waals surface area contributed by atoms with Crippen molar-refractivity contribution in [3.63, 3.8) is 0 Å². The van der Waals surface area contributed by atoms with Crippen LogP contribution in [0.2, 0.25) is 0 Å². The SMILES string of the molecule is CC(C)Cc1c(C(=O)O)cnc(C(F)(F)F)c1C1=NCCS1. The predicted molar refractivity (Wildman–Crippen MR) is 78.6 cm³/mol. The van der Waals surface area contributed by atoms with Gasteiger partial charge in [-0.25, -0.2) is 4.79 Å². The second kappa shape index (κ2) is 6.28. The Bertz CT molecular complexity index is 627. The molecule has 0 fully saturated rings. The van der Waals surface area contributed by atoms with Gasteiger partial charge in [0.1, 0.15) is 5.04 Å². The van der Waals surface area contributed by atoms with E-state index < -0.39 is 17.8 Å². The lowest BCUT2D eigenvalue weighted by atomic mass is 9.93. The third-order valence-corrected chi connectivity index (χ3v) is 4.09. The molecule has 22 heavy (non-hydrogen) atoms. The minimum Gasteiger partial charge on any atom is -0.478 e. The molecule has 0 bridgehead atoms. The van der Waals surface area contributed by atoms with Crippen LogP contribution >= 0.6 is 11.8 Å². The molecule has 0 radical (unpaired) electrons. The average molecular weight is 332 g/mol. The van der Waals surface area contributed by atoms with Crippen LogP contribution in [0.25, 0.3) is 0 Å². The highest BCUT2D eigenvalue weighted by molar-refractivity contribution is 8.14. The summed E-state index contributed by atoms with van der Waals surface area (Å²) in [6.45, 7) is 4.08. The summed E-state index contributed by atoms with van der Waals surface area (Å²) in [6, 6.07) is 0. The molecule has 8 heteroatoms. The van der Waals surface area contributed by atoms with E-state index in [4.69, 9.17) is 0 Å². The van der Waals surface area contributed by atoms with Gasteiger partial charge < -0.3 is 5.11 Å². The number of aromatic carboxylic acids is 1. The molecule has 1 aromatic heterocycles. The summed E-state index contributed by atoms with van der Waals surface area (Å²) >= 11 is 1.20. The quantitative estimate of drug-likeness (QED) is 0.917. The van der Waals surface area contributed by atoms with Gasteiger partial charge in [0.05, 0.1) is 5.56 Å². The molecule has 4 nitrogen and oxygen atoms in total. The van der Waals surface area contributed by atoms with Gasteiger partial charge in [-0.05, 0) is 17.9 Å². The monoisotopic (exact) mass is 332 g/mol. The zero-order chi connectivity index (χ0) is 16.5. The van der Waals surface area contributed by atoms with Crippen molar-refractivity contribution in [2.45, 2.75) is 26.4 Å². The number of carboxylic acid groups (broad SMARTS) is 1. The topological polar surface area (TPSA) is 62.5 Å². The maximum atomic E-state index is 13.3. The van der Waals surface area contributed by atoms with Gasteiger partial charge in [0.15, 0.2) is 5.69 Å². The molecule has 1 N–H and O–H groups in total. The van der Waals surface area contributed by atoms with Crippen LogP contribution in [-0.2, 0) is 12.6 Å². The lowest BCUT2D eigenvalue weighted by molar-refractivity contribution is -0.141. The normalized spacial score (nSPS) is 15.3. The Morgan fingerprint density at radius 3 is 2.59 bits per heavy atom. The van der Waals surface area contributed by atoms with Crippen molar-refractivity contribution in [3.05, 3.63) is 28.6 Å². The predicted octanol–water partition coefficient (Wildman–Crippen LogP) is 3.49. The van der Waals surface area contributed by atoms with Crippen molar-refractivity contribution >= 4 is 22.8 Å². The number of hydrogen-bond donors (Lipinski definition) is 1. The highest BCUT2D eigenvalue weighted by Gasteiger charge is 2.39. The summed E-state index contributed by atoms with van der Waals surface area (Å²) in [7, 11) is 0. The van der Waals surface area contributed by atoms with E-state index in [1.165, 1.54) is 11.8 Å². The molecule has 0 saturated heterocycles. The summed E-state index contributed by atoms with van der Waals surface area (Å²) in [4.78, 5) is 18.8. The zero-order valence-corrected chi connectivity index (χ0v) is 12.9. The largest absolute Gasteiger partial charge is 0.478 e. The average Bonchev–Trinajstić information content (AvgIpc) is 2.89. The van der Waals surface area contributed by atoms with Crippen molar-refractivity contribution in [3.8, 4) is 0 Å². The lowest BCUT2D eigenvalue weighted by Gasteiger charge is -2.19. The smallest absolute Gasteiger partial charge is 0.434 e. The third kappa shape index (κ3) is 3.43. The molecule has 0 unspecified atom stereocenters. The highest BCUT2D eigenvalue weighted by atomic mass is 32.2. The van der Waals surface area contributed by atoms with Crippen LogP contribution < -0.4 is 0 Å². The fourth-order valence-corrected chi connectivity index (χ4v) is 3.21. The molecule has 0 saturated carbocycles. The molecular formula is C14H15F3N2O2S. The van der Waals surface area contributed by atoms with E-state index in [0.717, 1.165) is 6.20 Å². The van der Waals surface area contributed by atoms with E-state index in [-0.39, 0.29) is 34.1 Å². The van der Waals surface area contributed by atoms with Crippen LogP contribution in [0.4, 0.5) is 13.2 Å². The highest BCUT2D eigenvalue weighted by Crippen LogP contribution is 2.36. The minimum atomic E-state index is -4.65. The number of carboxylic acids is 1. The van der Waals surface area contributed by atoms with E-state index in [2.05, 4.69) is 9.98 Å². The molecule has 0 spiro atoms. The molecule has 2 heterocycles. The van der Waals surface area contributed by atoms with Crippen molar-refractivity contribution in [1.82, 2.24) is 4.98 Å². The molecular weight excluding hydrogens is 317 g/mol. The lowest BCUT2D eigenvalue weighted by Crippen LogP contribution is -2.20. The summed E-state index contributed by atoms with van der Waals surface area (Å²) in [5.41, 5.74) is -1.24. The fraction of sp³-hybridized carbons (Fsp3) is 0.500. The molecule has 0 aromatic carbocycles. The van der Waals surface area contributed by atoms with E-state index in [9.17, 15) is 23.1 Å². The van der Waals surface area contributed by atoms with E-state index in [0.29, 0.717) is 12.3 Å². The minimum absolute atomic E-state index is 0.00679. The first-order chi connectivity index (χ1) is 10.2. The van der Waals surface area contributed by atoms with Gasteiger partial charge in [0.25, 0.3) is 0 Å². The Morgan fingerprint density at radius 1 is 1.45 bits per heavy atom. The number of aromatic nitrogens is 1. The number of aliphatic imine (C=N–C) groups is 1. The second-order valence-electron chi connectivity index (χ2n) is 5.31. The number of rotatable bonds is 4. The first-order valence-corrected chi connectivity index (χ1v) is 7.70. The van der Waals surface area contributed by atoms with Gasteiger partial charge >= 0.3 is 12.1 Å². The number of alkyl halides is 3. The Hall–Kier alpha value is -1.57. The maximum absolute atomic E-state index is 13.3. The molecule has 2 rings (SSSR count). The van der Waals surface area contributed by atoms with Crippen molar-refractivity contribution in [2.75, 3.05) is 12.3 Å². The number of thioether (sulfide) groups is 1. The van der Waals surface area contributed by atoms with Gasteiger partial charge in [-0.2, -0.15) is 13.2 Å². The standard InChI is InChI=1S/C14H15F3N2O2S/c1-7(2)5-8-9(13(20)21)6-19-11(14(15,16)17)10(8)12-18-3-4-22-12/h6-7H,3-5H2,1-2H3,(H,20,21). The number of carbonyl (C=O) groups is 1. The van der Waals surface area contributed by atoms with Crippen LogP contribution in [0.15, 0.2) is 11.2 Å². The number of nitrogens with zero attached hydrogens (tertiary/aromatic N) is 2. The molecule has 0 aliphatic carbocycles. The Balaban J connectivity index is 2.75. The Morgan fingerprint density at radius 2 is 2.14 bits per heavy atom. The van der Waals surface area contributed by atoms with Gasteiger partial charge in [-0.15, -0.1) is 11.8 Å². The first kappa shape index (κ1) is 16.8. The van der Waals surface area contributed by atoms with E-state index in [1.807, 2.05) is 13.8 Å². The van der Waals surface area contributed by atoms with Crippen LogP contribution in [0.3, 0.4) is 0 Å². The maximum Gasteiger partial charge on any atom is 0.434 e. The van der Waals surface area contributed by atoms with Gasteiger partial charge in [-0.3, -0.25) is 9.98 Å².